The molecule has 0 bridgehead atoms. The average Bonchev–Trinajstić information content (AvgIpc) is 2.25. The number of ether oxygens (including phenoxy) is 2. The van der Waals surface area contributed by atoms with Crippen LogP contribution >= 0.6 is 0 Å². The molecule has 14 heavy (non-hydrogen) atoms. The molecular formula is C12H16O2. The van der Waals surface area contributed by atoms with Gasteiger partial charge in [0.2, 0.25) is 0 Å². The molecule has 0 saturated carbocycles. The fourth-order valence-corrected chi connectivity index (χ4v) is 1.30. The van der Waals surface area contributed by atoms with Crippen molar-refractivity contribution in [3.8, 4) is 11.5 Å². The molecule has 76 valence electrons. The van der Waals surface area contributed by atoms with E-state index in [2.05, 4.69) is 6.58 Å². The van der Waals surface area contributed by atoms with E-state index in [0.29, 0.717) is 0 Å². The molecule has 0 atom stereocenters. The summed E-state index contributed by atoms with van der Waals surface area (Å²) in [6.07, 6.45) is 3.88. The molecule has 0 aliphatic carbocycles. The molecule has 0 fully saturated rings. The maximum atomic E-state index is 5.21. The van der Waals surface area contributed by atoms with Crippen LogP contribution in [0.1, 0.15) is 12.0 Å². The summed E-state index contributed by atoms with van der Waals surface area (Å²) in [5.41, 5.74) is 1.24. The number of aryl methyl sites for hydroxylation is 1. The highest BCUT2D eigenvalue weighted by atomic mass is 16.5. The van der Waals surface area contributed by atoms with E-state index in [1.165, 1.54) is 5.56 Å². The molecule has 0 saturated heterocycles. The Balaban J connectivity index is 2.83. The van der Waals surface area contributed by atoms with Crippen molar-refractivity contribution in [1.29, 1.82) is 0 Å². The number of methoxy groups -OCH3 is 2. The van der Waals surface area contributed by atoms with E-state index in [0.717, 1.165) is 24.3 Å². The third kappa shape index (κ3) is 2.52. The smallest absolute Gasteiger partial charge is 0.160 e. The molecule has 0 N–H and O–H groups in total. The van der Waals surface area contributed by atoms with Crippen LogP contribution in [0.15, 0.2) is 30.9 Å². The molecule has 0 heterocycles. The molecule has 0 amide bonds. The van der Waals surface area contributed by atoms with E-state index in [-0.39, 0.29) is 0 Å². The Labute approximate surface area is 85.2 Å². The van der Waals surface area contributed by atoms with E-state index < -0.39 is 0 Å². The van der Waals surface area contributed by atoms with Gasteiger partial charge in [-0.1, -0.05) is 12.1 Å². The summed E-state index contributed by atoms with van der Waals surface area (Å²) < 4.78 is 10.4. The number of rotatable bonds is 5. The minimum Gasteiger partial charge on any atom is -0.493 e. The fourth-order valence-electron chi connectivity index (χ4n) is 1.30. The lowest BCUT2D eigenvalue weighted by atomic mass is 10.1. The van der Waals surface area contributed by atoms with Crippen LogP contribution in [-0.2, 0) is 6.42 Å². The van der Waals surface area contributed by atoms with Gasteiger partial charge < -0.3 is 9.47 Å². The lowest BCUT2D eigenvalue weighted by Gasteiger charge is -2.08. The number of hydrogen-bond acceptors (Lipinski definition) is 2. The number of hydrogen-bond donors (Lipinski definition) is 0. The van der Waals surface area contributed by atoms with E-state index in [4.69, 9.17) is 9.47 Å². The molecule has 0 aliphatic rings. The van der Waals surface area contributed by atoms with E-state index in [1.807, 2.05) is 24.3 Å². The summed E-state index contributed by atoms with van der Waals surface area (Å²) in [6, 6.07) is 5.98. The van der Waals surface area contributed by atoms with Gasteiger partial charge in [0.25, 0.3) is 0 Å². The van der Waals surface area contributed by atoms with Crippen molar-refractivity contribution in [2.24, 2.45) is 0 Å². The van der Waals surface area contributed by atoms with Crippen molar-refractivity contribution in [2.45, 2.75) is 12.8 Å². The first-order valence-electron chi connectivity index (χ1n) is 4.63. The molecule has 0 unspecified atom stereocenters. The standard InChI is InChI=1S/C12H16O2/c1-4-5-6-10-7-8-11(13-2)12(9-10)14-3/h4,7-9H,1,5-6H2,2-3H3. The SMILES string of the molecule is C=CCCc1ccc(OC)c(OC)c1. The Kier molecular flexibility index (Phi) is 4.05. The van der Waals surface area contributed by atoms with Crippen molar-refractivity contribution >= 4 is 0 Å². The predicted molar refractivity (Wildman–Crippen MR) is 58.1 cm³/mol. The maximum Gasteiger partial charge on any atom is 0.160 e. The summed E-state index contributed by atoms with van der Waals surface area (Å²) in [7, 11) is 3.29. The average molecular weight is 192 g/mol. The van der Waals surface area contributed by atoms with Crippen LogP contribution in [0.5, 0.6) is 11.5 Å². The zero-order valence-corrected chi connectivity index (χ0v) is 8.75. The van der Waals surface area contributed by atoms with Crippen molar-refractivity contribution in [2.75, 3.05) is 14.2 Å². The third-order valence-electron chi connectivity index (χ3n) is 2.09. The van der Waals surface area contributed by atoms with Gasteiger partial charge in [-0.3, -0.25) is 0 Å². The van der Waals surface area contributed by atoms with Gasteiger partial charge >= 0.3 is 0 Å². The molecular weight excluding hydrogens is 176 g/mol. The Bertz CT molecular complexity index is 305. The maximum absolute atomic E-state index is 5.21. The van der Waals surface area contributed by atoms with Gasteiger partial charge in [-0.05, 0) is 30.5 Å². The summed E-state index contributed by atoms with van der Waals surface area (Å²) in [4.78, 5) is 0. The molecule has 2 nitrogen and oxygen atoms in total. The van der Waals surface area contributed by atoms with Crippen LogP contribution < -0.4 is 9.47 Å². The summed E-state index contributed by atoms with van der Waals surface area (Å²) in [5.74, 6) is 1.56. The Hall–Kier alpha value is -1.44. The van der Waals surface area contributed by atoms with Crippen LogP contribution in [-0.4, -0.2) is 14.2 Å². The molecule has 0 radical (unpaired) electrons. The zero-order chi connectivity index (χ0) is 10.4. The molecule has 2 heteroatoms. The second kappa shape index (κ2) is 5.32. The van der Waals surface area contributed by atoms with Gasteiger partial charge in [0.1, 0.15) is 0 Å². The Morgan fingerprint density at radius 2 is 1.93 bits per heavy atom. The lowest BCUT2D eigenvalue weighted by Crippen LogP contribution is -1.92. The summed E-state index contributed by atoms with van der Waals surface area (Å²) in [5, 5.41) is 0. The van der Waals surface area contributed by atoms with E-state index in [9.17, 15) is 0 Å². The van der Waals surface area contributed by atoms with Gasteiger partial charge in [-0.15, -0.1) is 6.58 Å². The normalized spacial score (nSPS) is 9.57. The van der Waals surface area contributed by atoms with Crippen molar-refractivity contribution in [1.82, 2.24) is 0 Å². The minimum atomic E-state index is 0.773. The van der Waals surface area contributed by atoms with Crippen LogP contribution in [0.25, 0.3) is 0 Å². The van der Waals surface area contributed by atoms with Crippen LogP contribution in [0, 0.1) is 0 Å². The number of allylic oxidation sites excluding steroid dienone is 1. The monoisotopic (exact) mass is 192 g/mol. The van der Waals surface area contributed by atoms with E-state index in [1.54, 1.807) is 14.2 Å². The highest BCUT2D eigenvalue weighted by Gasteiger charge is 2.03. The van der Waals surface area contributed by atoms with Gasteiger partial charge in [0, 0.05) is 0 Å². The molecule has 0 aliphatic heterocycles. The predicted octanol–water partition coefficient (Wildman–Crippen LogP) is 2.82. The fraction of sp³-hybridized carbons (Fsp3) is 0.333. The van der Waals surface area contributed by atoms with Crippen molar-refractivity contribution in [3.05, 3.63) is 36.4 Å². The molecule has 1 aromatic carbocycles. The summed E-state index contributed by atoms with van der Waals surface area (Å²) >= 11 is 0. The van der Waals surface area contributed by atoms with Gasteiger partial charge in [-0.25, -0.2) is 0 Å². The highest BCUT2D eigenvalue weighted by Crippen LogP contribution is 2.27. The van der Waals surface area contributed by atoms with Crippen molar-refractivity contribution in [3.63, 3.8) is 0 Å². The molecule has 0 aromatic heterocycles. The van der Waals surface area contributed by atoms with Crippen molar-refractivity contribution < 1.29 is 9.47 Å². The summed E-state index contributed by atoms with van der Waals surface area (Å²) in [6.45, 7) is 3.70. The Morgan fingerprint density at radius 3 is 2.50 bits per heavy atom. The van der Waals surface area contributed by atoms with Crippen LogP contribution in [0.4, 0.5) is 0 Å². The van der Waals surface area contributed by atoms with E-state index >= 15 is 0 Å². The van der Waals surface area contributed by atoms with Crippen LogP contribution in [0.2, 0.25) is 0 Å². The first-order chi connectivity index (χ1) is 6.81. The molecule has 0 spiro atoms. The first kappa shape index (κ1) is 10.6. The van der Waals surface area contributed by atoms with Gasteiger partial charge in [-0.2, -0.15) is 0 Å². The number of benzene rings is 1. The minimum absolute atomic E-state index is 0.773. The first-order valence-corrected chi connectivity index (χ1v) is 4.63. The topological polar surface area (TPSA) is 18.5 Å². The second-order valence-corrected chi connectivity index (χ2v) is 3.02. The third-order valence-corrected chi connectivity index (χ3v) is 2.09. The lowest BCUT2D eigenvalue weighted by molar-refractivity contribution is 0.354. The molecule has 1 aromatic rings. The zero-order valence-electron chi connectivity index (χ0n) is 8.75. The quantitative estimate of drug-likeness (QED) is 0.668. The second-order valence-electron chi connectivity index (χ2n) is 3.02. The van der Waals surface area contributed by atoms with Crippen LogP contribution in [0.3, 0.4) is 0 Å². The highest BCUT2D eigenvalue weighted by molar-refractivity contribution is 5.42. The largest absolute Gasteiger partial charge is 0.493 e. The molecule has 1 rings (SSSR count). The van der Waals surface area contributed by atoms with Gasteiger partial charge in [0.15, 0.2) is 11.5 Å². The Morgan fingerprint density at radius 1 is 1.21 bits per heavy atom. The van der Waals surface area contributed by atoms with Gasteiger partial charge in [0.05, 0.1) is 14.2 Å².